The van der Waals surface area contributed by atoms with E-state index in [0.717, 1.165) is 10.3 Å². The number of rotatable bonds is 4. The number of aryl methyl sites for hydroxylation is 1. The predicted molar refractivity (Wildman–Crippen MR) is 126 cm³/mol. The number of imidazole rings is 1. The van der Waals surface area contributed by atoms with Crippen molar-refractivity contribution in [2.24, 2.45) is 7.05 Å². The van der Waals surface area contributed by atoms with Gasteiger partial charge in [-0.3, -0.25) is 13.9 Å². The first kappa shape index (κ1) is 21.3. The molecule has 0 radical (unpaired) electrons. The topological polar surface area (TPSA) is 94.5 Å². The number of hydrogen-bond donors (Lipinski definition) is 1. The van der Waals surface area contributed by atoms with Crippen molar-refractivity contribution in [1.29, 1.82) is 0 Å². The van der Waals surface area contributed by atoms with E-state index in [1.165, 1.54) is 4.57 Å². The maximum absolute atomic E-state index is 13.5. The van der Waals surface area contributed by atoms with E-state index in [9.17, 15) is 14.7 Å². The standard InChI is InChI=1S/C23H22ClN5O4/c1-26-20-19(21(31)29(23(26)32)11-14-5-3-4-6-18(14)24)28-13-16(30)12-27(22(28)25-20)15-7-9-17(33-2)10-8-15/h3-10,16,30H,11-13H2,1-2H3/t16-/m0/s1. The Labute approximate surface area is 193 Å². The fraction of sp³-hybridized carbons (Fsp3) is 0.261. The lowest BCUT2D eigenvalue weighted by Crippen LogP contribution is -2.42. The minimum absolute atomic E-state index is 0.0341. The number of β-amino-alcohol motifs (C(OH)–C–C–N with tert-alkyl or cyclic N) is 1. The lowest BCUT2D eigenvalue weighted by molar-refractivity contribution is 0.154. The monoisotopic (exact) mass is 467 g/mol. The number of ether oxygens (including phenoxy) is 1. The minimum Gasteiger partial charge on any atom is -0.497 e. The van der Waals surface area contributed by atoms with Gasteiger partial charge in [0, 0.05) is 17.8 Å². The lowest BCUT2D eigenvalue weighted by atomic mass is 10.2. The van der Waals surface area contributed by atoms with E-state index >= 15 is 0 Å². The summed E-state index contributed by atoms with van der Waals surface area (Å²) in [7, 11) is 3.17. The summed E-state index contributed by atoms with van der Waals surface area (Å²) in [5.41, 5.74) is 1.01. The highest BCUT2D eigenvalue weighted by Gasteiger charge is 2.30. The van der Waals surface area contributed by atoms with Crippen LogP contribution in [-0.2, 0) is 20.1 Å². The molecule has 170 valence electrons. The Hall–Kier alpha value is -3.56. The van der Waals surface area contributed by atoms with E-state index < -0.39 is 17.4 Å². The fourth-order valence-electron chi connectivity index (χ4n) is 4.22. The van der Waals surface area contributed by atoms with Crippen LogP contribution in [-0.4, -0.2) is 43.6 Å². The van der Waals surface area contributed by atoms with Crippen LogP contribution in [0.4, 0.5) is 11.6 Å². The van der Waals surface area contributed by atoms with Gasteiger partial charge in [-0.05, 0) is 35.9 Å². The third kappa shape index (κ3) is 3.49. The van der Waals surface area contributed by atoms with Crippen LogP contribution in [0.2, 0.25) is 5.02 Å². The first-order valence-electron chi connectivity index (χ1n) is 10.4. The van der Waals surface area contributed by atoms with Crippen LogP contribution >= 0.6 is 11.6 Å². The van der Waals surface area contributed by atoms with Crippen LogP contribution in [0.25, 0.3) is 11.2 Å². The SMILES string of the molecule is COc1ccc(N2C[C@H](O)Cn3c2nc2c3c(=O)n(Cc3ccccc3Cl)c(=O)n2C)cc1. The van der Waals surface area contributed by atoms with Gasteiger partial charge in [-0.2, -0.15) is 4.98 Å². The first-order chi connectivity index (χ1) is 15.9. The Bertz CT molecular complexity index is 1470. The van der Waals surface area contributed by atoms with Crippen molar-refractivity contribution in [1.82, 2.24) is 18.7 Å². The number of methoxy groups -OCH3 is 1. The van der Waals surface area contributed by atoms with E-state index in [1.807, 2.05) is 29.2 Å². The van der Waals surface area contributed by atoms with Gasteiger partial charge in [-0.1, -0.05) is 29.8 Å². The molecule has 0 saturated heterocycles. The molecule has 1 aliphatic heterocycles. The van der Waals surface area contributed by atoms with Gasteiger partial charge in [0.2, 0.25) is 5.95 Å². The Morgan fingerprint density at radius 1 is 1.12 bits per heavy atom. The number of aliphatic hydroxyl groups excluding tert-OH is 1. The molecular formula is C23H22ClN5O4. The average molecular weight is 468 g/mol. The van der Waals surface area contributed by atoms with Crippen molar-refractivity contribution in [3.8, 4) is 5.75 Å². The average Bonchev–Trinajstić information content (AvgIpc) is 3.20. The van der Waals surface area contributed by atoms with Crippen molar-refractivity contribution < 1.29 is 9.84 Å². The van der Waals surface area contributed by atoms with Gasteiger partial charge < -0.3 is 19.3 Å². The van der Waals surface area contributed by atoms with E-state index in [-0.39, 0.29) is 24.3 Å². The van der Waals surface area contributed by atoms with Crippen molar-refractivity contribution >= 4 is 34.4 Å². The zero-order valence-electron chi connectivity index (χ0n) is 18.1. The first-order valence-corrected chi connectivity index (χ1v) is 10.8. The minimum atomic E-state index is -0.731. The number of halogens is 1. The lowest BCUT2D eigenvalue weighted by Gasteiger charge is -2.32. The van der Waals surface area contributed by atoms with Gasteiger partial charge in [-0.15, -0.1) is 0 Å². The Balaban J connectivity index is 1.70. The summed E-state index contributed by atoms with van der Waals surface area (Å²) in [5.74, 6) is 1.19. The Morgan fingerprint density at radius 3 is 2.55 bits per heavy atom. The number of benzene rings is 2. The molecule has 0 amide bonds. The van der Waals surface area contributed by atoms with Crippen LogP contribution in [0, 0.1) is 0 Å². The summed E-state index contributed by atoms with van der Waals surface area (Å²) in [6.07, 6.45) is -0.731. The molecule has 1 atom stereocenters. The molecule has 1 N–H and O–H groups in total. The summed E-state index contributed by atoms with van der Waals surface area (Å²) in [5, 5.41) is 11.1. The highest BCUT2D eigenvalue weighted by Crippen LogP contribution is 2.32. The second kappa shape index (κ2) is 8.09. The number of hydrogen-bond acceptors (Lipinski definition) is 6. The number of aliphatic hydroxyl groups is 1. The van der Waals surface area contributed by atoms with Gasteiger partial charge in [0.15, 0.2) is 11.2 Å². The zero-order valence-corrected chi connectivity index (χ0v) is 18.9. The van der Waals surface area contributed by atoms with E-state index in [0.29, 0.717) is 28.8 Å². The molecule has 0 aliphatic carbocycles. The highest BCUT2D eigenvalue weighted by atomic mass is 35.5. The van der Waals surface area contributed by atoms with Crippen LogP contribution < -0.4 is 20.9 Å². The molecule has 2 aromatic carbocycles. The Kier molecular flexibility index (Phi) is 5.22. The molecule has 2 aromatic heterocycles. The molecule has 0 bridgehead atoms. The molecule has 33 heavy (non-hydrogen) atoms. The van der Waals surface area contributed by atoms with E-state index in [1.54, 1.807) is 43.0 Å². The molecule has 0 spiro atoms. The maximum atomic E-state index is 13.5. The number of nitrogens with zero attached hydrogens (tertiary/aromatic N) is 5. The van der Waals surface area contributed by atoms with Crippen molar-refractivity contribution in [2.45, 2.75) is 19.2 Å². The van der Waals surface area contributed by atoms with Crippen LogP contribution in [0.1, 0.15) is 5.56 Å². The van der Waals surface area contributed by atoms with Gasteiger partial charge in [0.25, 0.3) is 5.56 Å². The summed E-state index contributed by atoms with van der Waals surface area (Å²) in [4.78, 5) is 33.1. The van der Waals surface area contributed by atoms with Crippen LogP contribution in [0.5, 0.6) is 5.75 Å². The van der Waals surface area contributed by atoms with Gasteiger partial charge in [0.1, 0.15) is 5.75 Å². The third-order valence-corrected chi connectivity index (χ3v) is 6.28. The number of fused-ring (bicyclic) bond motifs is 3. The molecular weight excluding hydrogens is 446 g/mol. The van der Waals surface area contributed by atoms with Gasteiger partial charge >= 0.3 is 5.69 Å². The molecule has 5 rings (SSSR count). The van der Waals surface area contributed by atoms with Gasteiger partial charge in [0.05, 0.1) is 32.8 Å². The normalized spacial score (nSPS) is 15.6. The summed E-state index contributed by atoms with van der Waals surface area (Å²) >= 11 is 6.27. The smallest absolute Gasteiger partial charge is 0.332 e. The molecule has 4 aromatic rings. The maximum Gasteiger partial charge on any atom is 0.332 e. The second-order valence-electron chi connectivity index (χ2n) is 7.98. The van der Waals surface area contributed by atoms with E-state index in [2.05, 4.69) is 4.98 Å². The number of aromatic nitrogens is 4. The summed E-state index contributed by atoms with van der Waals surface area (Å²) in [6.45, 7) is 0.530. The quantitative estimate of drug-likeness (QED) is 0.494. The van der Waals surface area contributed by atoms with Crippen molar-refractivity contribution in [2.75, 3.05) is 18.6 Å². The van der Waals surface area contributed by atoms with Crippen LogP contribution in [0.15, 0.2) is 58.1 Å². The Morgan fingerprint density at radius 2 is 1.85 bits per heavy atom. The van der Waals surface area contributed by atoms with Crippen molar-refractivity contribution in [3.05, 3.63) is 80.0 Å². The molecule has 0 fully saturated rings. The largest absolute Gasteiger partial charge is 0.497 e. The predicted octanol–water partition coefficient (Wildman–Crippen LogP) is 2.12. The van der Waals surface area contributed by atoms with Crippen LogP contribution in [0.3, 0.4) is 0 Å². The van der Waals surface area contributed by atoms with E-state index in [4.69, 9.17) is 16.3 Å². The molecule has 1 aliphatic rings. The fourth-order valence-corrected chi connectivity index (χ4v) is 4.41. The molecule has 0 unspecified atom stereocenters. The number of anilines is 2. The summed E-state index contributed by atoms with van der Waals surface area (Å²) < 4.78 is 9.42. The zero-order chi connectivity index (χ0) is 23.3. The van der Waals surface area contributed by atoms with Crippen molar-refractivity contribution in [3.63, 3.8) is 0 Å². The molecule has 3 heterocycles. The summed E-state index contributed by atoms with van der Waals surface area (Å²) in [6, 6.07) is 14.4. The molecule has 10 heteroatoms. The molecule has 0 saturated carbocycles. The molecule has 9 nitrogen and oxygen atoms in total. The third-order valence-electron chi connectivity index (χ3n) is 5.91. The second-order valence-corrected chi connectivity index (χ2v) is 8.39. The van der Waals surface area contributed by atoms with Gasteiger partial charge in [-0.25, -0.2) is 4.79 Å². The highest BCUT2D eigenvalue weighted by molar-refractivity contribution is 6.31.